The van der Waals surface area contributed by atoms with E-state index in [0.29, 0.717) is 10.6 Å². The van der Waals surface area contributed by atoms with Gasteiger partial charge in [0.2, 0.25) is 0 Å². The fourth-order valence-electron chi connectivity index (χ4n) is 2.78. The number of furan rings is 1. The lowest BCUT2D eigenvalue weighted by molar-refractivity contribution is 0.0444. The zero-order chi connectivity index (χ0) is 16.4. The molecule has 0 aromatic carbocycles. The molecule has 3 aromatic rings. The second-order valence-electron chi connectivity index (χ2n) is 5.67. The topological polar surface area (TPSA) is 78.4 Å². The van der Waals surface area contributed by atoms with Crippen LogP contribution in [0.15, 0.2) is 33.3 Å². The van der Waals surface area contributed by atoms with Crippen LogP contribution in [0.2, 0.25) is 0 Å². The molecule has 0 radical (unpaired) electrons. The van der Waals surface area contributed by atoms with Crippen molar-refractivity contribution >= 4 is 17.3 Å². The standard InChI is InChI=1S/C17H16N2O4S/c20-17(14-9-11-5-2-1-3-7-13(11)24-14)22-10-15-18-19-16(23-15)12-6-4-8-21-12/h4,6,8-9H,1-3,5,7,10H2. The average molecular weight is 344 g/mol. The van der Waals surface area contributed by atoms with Gasteiger partial charge in [0, 0.05) is 4.88 Å². The van der Waals surface area contributed by atoms with Crippen LogP contribution in [0.25, 0.3) is 11.7 Å². The number of aryl methyl sites for hydroxylation is 2. The average Bonchev–Trinajstić information content (AvgIpc) is 3.31. The van der Waals surface area contributed by atoms with Crippen molar-refractivity contribution in [3.05, 3.63) is 45.7 Å². The molecular weight excluding hydrogens is 328 g/mol. The maximum Gasteiger partial charge on any atom is 0.348 e. The highest BCUT2D eigenvalue weighted by atomic mass is 32.1. The lowest BCUT2D eigenvalue weighted by Crippen LogP contribution is -2.03. The summed E-state index contributed by atoms with van der Waals surface area (Å²) in [4.78, 5) is 14.2. The summed E-state index contributed by atoms with van der Waals surface area (Å²) in [6, 6.07) is 5.43. The number of thiophene rings is 1. The Kier molecular flexibility index (Phi) is 4.17. The number of hydrogen-bond donors (Lipinski definition) is 0. The van der Waals surface area contributed by atoms with Gasteiger partial charge in [-0.15, -0.1) is 21.5 Å². The van der Waals surface area contributed by atoms with Crippen molar-refractivity contribution < 1.29 is 18.4 Å². The van der Waals surface area contributed by atoms with Crippen LogP contribution in [0.1, 0.15) is 45.3 Å². The van der Waals surface area contributed by atoms with E-state index in [1.165, 1.54) is 47.3 Å². The van der Waals surface area contributed by atoms with E-state index in [1.54, 1.807) is 12.1 Å². The molecule has 0 spiro atoms. The molecule has 124 valence electrons. The van der Waals surface area contributed by atoms with Crippen LogP contribution in [-0.4, -0.2) is 16.2 Å². The van der Waals surface area contributed by atoms with Gasteiger partial charge in [0.1, 0.15) is 4.88 Å². The molecule has 0 bridgehead atoms. The van der Waals surface area contributed by atoms with Crippen LogP contribution in [0.4, 0.5) is 0 Å². The van der Waals surface area contributed by atoms with E-state index in [1.807, 2.05) is 6.07 Å². The number of fused-ring (bicyclic) bond motifs is 1. The van der Waals surface area contributed by atoms with Crippen molar-refractivity contribution in [1.82, 2.24) is 10.2 Å². The Labute approximate surface area is 142 Å². The van der Waals surface area contributed by atoms with Crippen molar-refractivity contribution in [3.8, 4) is 11.7 Å². The van der Waals surface area contributed by atoms with Crippen LogP contribution < -0.4 is 0 Å². The summed E-state index contributed by atoms with van der Waals surface area (Å²) in [6.45, 7) is -0.0465. The number of ether oxygens (including phenoxy) is 1. The first-order chi connectivity index (χ1) is 11.8. The monoisotopic (exact) mass is 344 g/mol. The zero-order valence-corrected chi connectivity index (χ0v) is 13.8. The lowest BCUT2D eigenvalue weighted by atomic mass is 10.1. The third-order valence-corrected chi connectivity index (χ3v) is 5.19. The second-order valence-corrected chi connectivity index (χ2v) is 6.81. The van der Waals surface area contributed by atoms with Crippen LogP contribution in [0.5, 0.6) is 0 Å². The number of aromatic nitrogens is 2. The van der Waals surface area contributed by atoms with E-state index in [9.17, 15) is 4.79 Å². The molecule has 0 atom stereocenters. The summed E-state index contributed by atoms with van der Waals surface area (Å²) in [5.74, 6) is 0.662. The predicted molar refractivity (Wildman–Crippen MR) is 86.7 cm³/mol. The molecule has 0 amide bonds. The van der Waals surface area contributed by atoms with Gasteiger partial charge in [-0.1, -0.05) is 6.42 Å². The van der Waals surface area contributed by atoms with Crippen molar-refractivity contribution in [3.63, 3.8) is 0 Å². The van der Waals surface area contributed by atoms with Gasteiger partial charge >= 0.3 is 5.97 Å². The Hall–Kier alpha value is -2.41. The minimum atomic E-state index is -0.342. The molecule has 3 aromatic heterocycles. The third kappa shape index (κ3) is 3.12. The largest absolute Gasteiger partial charge is 0.459 e. The number of esters is 1. The predicted octanol–water partition coefficient (Wildman–Crippen LogP) is 4.02. The normalized spacial score (nSPS) is 14.2. The molecular formula is C17H16N2O4S. The first-order valence-corrected chi connectivity index (χ1v) is 8.76. The first-order valence-electron chi connectivity index (χ1n) is 7.94. The van der Waals surface area contributed by atoms with E-state index in [-0.39, 0.29) is 24.4 Å². The van der Waals surface area contributed by atoms with Gasteiger partial charge in [-0.05, 0) is 49.4 Å². The molecule has 4 rings (SSSR count). The Morgan fingerprint density at radius 3 is 3.04 bits per heavy atom. The Morgan fingerprint density at radius 2 is 2.17 bits per heavy atom. The van der Waals surface area contributed by atoms with Crippen molar-refractivity contribution in [1.29, 1.82) is 0 Å². The third-order valence-electron chi connectivity index (χ3n) is 3.97. The van der Waals surface area contributed by atoms with Crippen LogP contribution in [0, 0.1) is 0 Å². The lowest BCUT2D eigenvalue weighted by Gasteiger charge is -1.99. The number of nitrogens with zero attached hydrogens (tertiary/aromatic N) is 2. The van der Waals surface area contributed by atoms with E-state index < -0.39 is 0 Å². The van der Waals surface area contributed by atoms with Crippen molar-refractivity contribution in [2.45, 2.75) is 38.7 Å². The quantitative estimate of drug-likeness (QED) is 0.525. The highest BCUT2D eigenvalue weighted by Gasteiger charge is 2.18. The summed E-state index contributed by atoms with van der Waals surface area (Å²) in [6.07, 6.45) is 7.28. The molecule has 1 aliphatic rings. The maximum atomic E-state index is 12.2. The molecule has 1 aliphatic carbocycles. The highest BCUT2D eigenvalue weighted by molar-refractivity contribution is 7.14. The maximum absolute atomic E-state index is 12.2. The van der Waals surface area contributed by atoms with E-state index in [0.717, 1.165) is 12.8 Å². The van der Waals surface area contributed by atoms with E-state index >= 15 is 0 Å². The fraction of sp³-hybridized carbons (Fsp3) is 0.353. The highest BCUT2D eigenvalue weighted by Crippen LogP contribution is 2.29. The van der Waals surface area contributed by atoms with Gasteiger partial charge < -0.3 is 13.6 Å². The van der Waals surface area contributed by atoms with E-state index in [4.69, 9.17) is 13.6 Å². The molecule has 0 fully saturated rings. The molecule has 0 saturated carbocycles. The van der Waals surface area contributed by atoms with E-state index in [2.05, 4.69) is 10.2 Å². The van der Waals surface area contributed by atoms with Gasteiger partial charge in [-0.25, -0.2) is 4.79 Å². The molecule has 3 heterocycles. The van der Waals surface area contributed by atoms with Crippen molar-refractivity contribution in [2.75, 3.05) is 0 Å². The SMILES string of the molecule is O=C(OCc1nnc(-c2ccco2)o1)c1cc2c(s1)CCCCC2. The van der Waals surface area contributed by atoms with Gasteiger partial charge in [-0.3, -0.25) is 0 Å². The molecule has 0 unspecified atom stereocenters. The van der Waals surface area contributed by atoms with Crippen LogP contribution >= 0.6 is 11.3 Å². The second kappa shape index (κ2) is 6.60. The number of hydrogen-bond acceptors (Lipinski definition) is 7. The number of carbonyl (C=O) groups is 1. The summed E-state index contributed by atoms with van der Waals surface area (Å²) >= 11 is 1.54. The molecule has 0 N–H and O–H groups in total. The van der Waals surface area contributed by atoms with Gasteiger partial charge in [0.25, 0.3) is 11.8 Å². The summed E-state index contributed by atoms with van der Waals surface area (Å²) in [5, 5.41) is 7.74. The number of carbonyl (C=O) groups excluding carboxylic acids is 1. The Balaban J connectivity index is 1.40. The van der Waals surface area contributed by atoms with Gasteiger partial charge in [-0.2, -0.15) is 0 Å². The van der Waals surface area contributed by atoms with Crippen LogP contribution in [-0.2, 0) is 24.2 Å². The zero-order valence-electron chi connectivity index (χ0n) is 13.0. The molecule has 0 aliphatic heterocycles. The fourth-order valence-corrected chi connectivity index (χ4v) is 3.93. The number of rotatable bonds is 4. The summed E-state index contributed by atoms with van der Waals surface area (Å²) in [7, 11) is 0. The molecule has 0 saturated heterocycles. The van der Waals surface area contributed by atoms with Gasteiger partial charge in [0.05, 0.1) is 6.26 Å². The molecule has 7 heteroatoms. The first kappa shape index (κ1) is 15.1. The molecule has 24 heavy (non-hydrogen) atoms. The minimum absolute atomic E-state index is 0.0465. The Bertz CT molecular complexity index is 811. The molecule has 6 nitrogen and oxygen atoms in total. The minimum Gasteiger partial charge on any atom is -0.459 e. The van der Waals surface area contributed by atoms with Gasteiger partial charge in [0.15, 0.2) is 12.4 Å². The summed E-state index contributed by atoms with van der Waals surface area (Å²) < 4.78 is 15.9. The van der Waals surface area contributed by atoms with Crippen molar-refractivity contribution in [2.24, 2.45) is 0 Å². The van der Waals surface area contributed by atoms with Crippen LogP contribution in [0.3, 0.4) is 0 Å². The Morgan fingerprint density at radius 1 is 1.25 bits per heavy atom. The summed E-state index contributed by atoms with van der Waals surface area (Å²) in [5.41, 5.74) is 1.29. The smallest absolute Gasteiger partial charge is 0.348 e.